The molecule has 0 radical (unpaired) electrons. The molecule has 2 N–H and O–H groups in total. The lowest BCUT2D eigenvalue weighted by Crippen LogP contribution is -2.45. The highest BCUT2D eigenvalue weighted by Gasteiger charge is 2.31. The van der Waals surface area contributed by atoms with Crippen LogP contribution >= 0.6 is 0 Å². The van der Waals surface area contributed by atoms with Crippen LogP contribution in [0.2, 0.25) is 0 Å². The number of rotatable bonds is 5. The summed E-state index contributed by atoms with van der Waals surface area (Å²) in [6.07, 6.45) is 2.65. The molecule has 0 aliphatic carbocycles. The van der Waals surface area contributed by atoms with Gasteiger partial charge >= 0.3 is 0 Å². The predicted octanol–water partition coefficient (Wildman–Crippen LogP) is 4.41. The fraction of sp³-hybridized carbons (Fsp3) is 0.400. The van der Waals surface area contributed by atoms with Gasteiger partial charge in [0.05, 0.1) is 12.2 Å². The number of hydrogen-bond acceptors (Lipinski definition) is 6. The van der Waals surface area contributed by atoms with Crippen LogP contribution in [0.15, 0.2) is 30.6 Å². The zero-order valence-electron chi connectivity index (χ0n) is 16.5. The topological polar surface area (TPSA) is 64.5 Å². The highest BCUT2D eigenvalue weighted by Crippen LogP contribution is 2.38. The van der Waals surface area contributed by atoms with Crippen molar-refractivity contribution in [3.63, 3.8) is 0 Å². The Balaban J connectivity index is 1.96. The maximum atomic E-state index is 13.6. The van der Waals surface area contributed by atoms with Crippen LogP contribution in [0.5, 0.6) is 5.75 Å². The summed E-state index contributed by atoms with van der Waals surface area (Å²) in [4.78, 5) is 13.0. The number of anilines is 4. The molecule has 0 saturated heterocycles. The van der Waals surface area contributed by atoms with Gasteiger partial charge in [-0.05, 0) is 19.3 Å². The van der Waals surface area contributed by atoms with E-state index in [2.05, 4.69) is 47.5 Å². The summed E-state index contributed by atoms with van der Waals surface area (Å²) in [6.45, 7) is 11.4. The largest absolute Gasteiger partial charge is 0.503 e. The third-order valence-electron chi connectivity index (χ3n) is 4.98. The van der Waals surface area contributed by atoms with E-state index < -0.39 is 17.4 Å². The van der Waals surface area contributed by atoms with Crippen molar-refractivity contribution in [2.45, 2.75) is 33.2 Å². The number of fused-ring (bicyclic) bond motifs is 1. The van der Waals surface area contributed by atoms with E-state index >= 15 is 0 Å². The molecule has 0 bridgehead atoms. The third-order valence-corrected chi connectivity index (χ3v) is 4.98. The Bertz CT molecular complexity index is 879. The van der Waals surface area contributed by atoms with Crippen LogP contribution in [0.1, 0.15) is 27.2 Å². The van der Waals surface area contributed by atoms with Gasteiger partial charge in [-0.25, -0.2) is 13.8 Å². The lowest BCUT2D eigenvalue weighted by atomic mass is 10.1. The Morgan fingerprint density at radius 2 is 1.93 bits per heavy atom. The molecule has 2 heterocycles. The number of phenolic OH excluding ortho intramolecular Hbond substituents is 1. The Morgan fingerprint density at radius 3 is 2.54 bits per heavy atom. The molecule has 6 nitrogen and oxygen atoms in total. The summed E-state index contributed by atoms with van der Waals surface area (Å²) in [5, 5.41) is 12.1. The van der Waals surface area contributed by atoms with Gasteiger partial charge in [0.2, 0.25) is 5.95 Å². The highest BCUT2D eigenvalue weighted by atomic mass is 19.1. The molecule has 1 aromatic heterocycles. The Labute approximate surface area is 163 Å². The van der Waals surface area contributed by atoms with E-state index in [-0.39, 0.29) is 17.7 Å². The van der Waals surface area contributed by atoms with E-state index in [1.165, 1.54) is 0 Å². The van der Waals surface area contributed by atoms with E-state index in [1.54, 1.807) is 6.20 Å². The molecular weight excluding hydrogens is 364 g/mol. The number of benzene rings is 1. The van der Waals surface area contributed by atoms with E-state index in [0.717, 1.165) is 42.3 Å². The van der Waals surface area contributed by atoms with Crippen LogP contribution < -0.4 is 15.1 Å². The number of halogens is 2. The number of nitrogens with one attached hydrogen (secondary N) is 1. The smallest absolute Gasteiger partial charge is 0.229 e. The maximum Gasteiger partial charge on any atom is 0.229 e. The first kappa shape index (κ1) is 19.9. The molecule has 1 aliphatic heterocycles. The number of aromatic nitrogens is 2. The van der Waals surface area contributed by atoms with Gasteiger partial charge in [0.25, 0.3) is 0 Å². The van der Waals surface area contributed by atoms with Crippen LogP contribution in [0.4, 0.5) is 31.9 Å². The van der Waals surface area contributed by atoms with Gasteiger partial charge in [0, 0.05) is 37.1 Å². The van der Waals surface area contributed by atoms with Gasteiger partial charge in [-0.2, -0.15) is 4.98 Å². The van der Waals surface area contributed by atoms with E-state index in [4.69, 9.17) is 0 Å². The van der Waals surface area contributed by atoms with Crippen molar-refractivity contribution in [3.8, 4) is 5.75 Å². The maximum absolute atomic E-state index is 13.6. The Hall–Kier alpha value is -2.90. The van der Waals surface area contributed by atoms with Crippen LogP contribution in [-0.4, -0.2) is 34.7 Å². The molecule has 0 saturated carbocycles. The van der Waals surface area contributed by atoms with Gasteiger partial charge in [-0.3, -0.25) is 0 Å². The van der Waals surface area contributed by atoms with Crippen LogP contribution in [0.3, 0.4) is 0 Å². The predicted molar refractivity (Wildman–Crippen MR) is 107 cm³/mol. The summed E-state index contributed by atoms with van der Waals surface area (Å²) in [5.74, 6) is -1.63. The molecule has 3 rings (SSSR count). The third kappa shape index (κ3) is 3.72. The van der Waals surface area contributed by atoms with Crippen LogP contribution in [0.25, 0.3) is 0 Å². The molecule has 0 spiro atoms. The van der Waals surface area contributed by atoms with Crippen molar-refractivity contribution in [1.82, 2.24) is 9.97 Å². The molecule has 2 aromatic rings. The minimum absolute atomic E-state index is 0.0579. The van der Waals surface area contributed by atoms with Crippen LogP contribution in [0, 0.1) is 17.6 Å². The normalized spacial score (nSPS) is 16.5. The van der Waals surface area contributed by atoms with E-state index in [9.17, 15) is 13.9 Å². The molecule has 150 valence electrons. The Morgan fingerprint density at radius 1 is 1.29 bits per heavy atom. The van der Waals surface area contributed by atoms with Crippen molar-refractivity contribution >= 4 is 23.1 Å². The van der Waals surface area contributed by atoms with Crippen molar-refractivity contribution in [1.29, 1.82) is 0 Å². The molecule has 0 fully saturated rings. The number of aromatic hydroxyl groups is 1. The molecule has 8 heteroatoms. The van der Waals surface area contributed by atoms with Gasteiger partial charge in [-0.15, -0.1) is 0 Å². The summed E-state index contributed by atoms with van der Waals surface area (Å²) >= 11 is 0. The van der Waals surface area contributed by atoms with E-state index in [1.807, 2.05) is 11.9 Å². The summed E-state index contributed by atoms with van der Waals surface area (Å²) in [7, 11) is 1.92. The lowest BCUT2D eigenvalue weighted by molar-refractivity contribution is 0.396. The molecule has 28 heavy (non-hydrogen) atoms. The fourth-order valence-electron chi connectivity index (χ4n) is 3.14. The first-order chi connectivity index (χ1) is 13.2. The first-order valence-electron chi connectivity index (χ1n) is 9.20. The summed E-state index contributed by atoms with van der Waals surface area (Å²) in [6, 6.07) is 2.05. The molecule has 1 unspecified atom stereocenters. The van der Waals surface area contributed by atoms with Crippen molar-refractivity contribution in [2.75, 3.05) is 28.7 Å². The minimum Gasteiger partial charge on any atom is -0.503 e. The molecule has 1 aliphatic rings. The van der Waals surface area contributed by atoms with Gasteiger partial charge in [-0.1, -0.05) is 20.4 Å². The van der Waals surface area contributed by atoms with Gasteiger partial charge in [0.15, 0.2) is 23.2 Å². The average Bonchev–Trinajstić information content (AvgIpc) is 2.64. The first-order valence-corrected chi connectivity index (χ1v) is 9.20. The number of phenols is 1. The number of nitrogens with zero attached hydrogens (tertiary/aromatic N) is 4. The van der Waals surface area contributed by atoms with Gasteiger partial charge in [0.1, 0.15) is 5.69 Å². The Kier molecular flexibility index (Phi) is 5.40. The van der Waals surface area contributed by atoms with Gasteiger partial charge < -0.3 is 20.2 Å². The molecule has 1 atom stereocenters. The number of hydrogen-bond donors (Lipinski definition) is 2. The highest BCUT2D eigenvalue weighted by molar-refractivity contribution is 5.75. The fourth-order valence-corrected chi connectivity index (χ4v) is 3.14. The standard InChI is InChI=1S/C20H25F2N5O/c1-11(2)6-7-27-13(4)12(3)26(5)17-10-23-20(25-19(17)27)24-14-8-15(21)18(28)16(22)9-14/h8-11,13,28H,3,6-7H2,1-2,4-5H3,(H,23,24,25). The second-order valence-corrected chi connectivity index (χ2v) is 7.42. The van der Waals surface area contributed by atoms with E-state index in [0.29, 0.717) is 5.92 Å². The van der Waals surface area contributed by atoms with Crippen molar-refractivity contribution in [2.24, 2.45) is 5.92 Å². The second-order valence-electron chi connectivity index (χ2n) is 7.42. The summed E-state index contributed by atoms with van der Waals surface area (Å²) in [5.41, 5.74) is 1.88. The summed E-state index contributed by atoms with van der Waals surface area (Å²) < 4.78 is 27.2. The minimum atomic E-state index is -1.05. The monoisotopic (exact) mass is 389 g/mol. The molecule has 0 amide bonds. The number of likely N-dealkylation sites (N-methyl/N-ethyl adjacent to an activating group) is 1. The van der Waals surface area contributed by atoms with Crippen molar-refractivity contribution in [3.05, 3.63) is 42.2 Å². The van der Waals surface area contributed by atoms with Crippen molar-refractivity contribution < 1.29 is 13.9 Å². The lowest BCUT2D eigenvalue weighted by Gasteiger charge is -2.42. The average molecular weight is 389 g/mol. The zero-order chi connectivity index (χ0) is 20.6. The zero-order valence-corrected chi connectivity index (χ0v) is 16.5. The second kappa shape index (κ2) is 7.61. The molecular formula is C20H25F2N5O. The SMILES string of the molecule is C=C1C(C)N(CCC(C)C)c2nc(Nc3cc(F)c(O)c(F)c3)ncc2N1C. The molecule has 1 aromatic carbocycles. The quantitative estimate of drug-likeness (QED) is 0.739. The van der Waals surface area contributed by atoms with Crippen LogP contribution in [-0.2, 0) is 0 Å².